The van der Waals surface area contributed by atoms with Crippen LogP contribution in [0.25, 0.3) is 0 Å². The topological polar surface area (TPSA) is 58.6 Å². The average molecular weight is 304 g/mol. The lowest BCUT2D eigenvalue weighted by atomic mass is 10.0. The maximum atomic E-state index is 12.6. The van der Waals surface area contributed by atoms with Gasteiger partial charge in [-0.25, -0.2) is 0 Å². The molecule has 5 heteroatoms. The molecule has 1 aliphatic heterocycles. The zero-order chi connectivity index (χ0) is 16.1. The lowest BCUT2D eigenvalue weighted by molar-refractivity contribution is -0.143. The van der Waals surface area contributed by atoms with Crippen LogP contribution in [0, 0.1) is 0 Å². The molecule has 1 heterocycles. The van der Waals surface area contributed by atoms with Gasteiger partial charge in [-0.15, -0.1) is 0 Å². The molecule has 2 amide bonds. The number of carbonyl (C=O) groups excluding carboxylic acids is 2. The summed E-state index contributed by atoms with van der Waals surface area (Å²) < 4.78 is 5.66. The van der Waals surface area contributed by atoms with Crippen molar-refractivity contribution in [2.75, 3.05) is 13.1 Å². The van der Waals surface area contributed by atoms with Crippen molar-refractivity contribution in [2.45, 2.75) is 45.4 Å². The second kappa shape index (κ2) is 7.40. The SMILES string of the molecule is CC(=O)N[C@@H](CC(=O)N1C[C@@H](C)O[C@@H](C)C1)c1ccccc1. The van der Waals surface area contributed by atoms with Crippen molar-refractivity contribution in [1.82, 2.24) is 10.2 Å². The standard InChI is InChI=1S/C17H24N2O3/c1-12-10-19(11-13(2)22-12)17(21)9-16(18-14(3)20)15-7-5-4-6-8-15/h4-8,12-13,16H,9-11H2,1-3H3,(H,18,20)/t12-,13+,16-/m0/s1. The van der Waals surface area contributed by atoms with Crippen molar-refractivity contribution < 1.29 is 14.3 Å². The molecule has 0 aromatic heterocycles. The number of morpholine rings is 1. The van der Waals surface area contributed by atoms with Crippen molar-refractivity contribution in [3.05, 3.63) is 35.9 Å². The lowest BCUT2D eigenvalue weighted by Gasteiger charge is -2.36. The first-order chi connectivity index (χ1) is 10.5. The predicted molar refractivity (Wildman–Crippen MR) is 84.2 cm³/mol. The second-order valence-electron chi connectivity index (χ2n) is 5.92. The summed E-state index contributed by atoms with van der Waals surface area (Å²) in [6.07, 6.45) is 0.357. The van der Waals surface area contributed by atoms with E-state index in [1.54, 1.807) is 0 Å². The van der Waals surface area contributed by atoms with Crippen LogP contribution in [0.3, 0.4) is 0 Å². The van der Waals surface area contributed by atoms with Crippen LogP contribution in [-0.4, -0.2) is 42.0 Å². The van der Waals surface area contributed by atoms with Crippen molar-refractivity contribution in [3.8, 4) is 0 Å². The van der Waals surface area contributed by atoms with E-state index in [1.165, 1.54) is 6.92 Å². The molecule has 2 rings (SSSR count). The Morgan fingerprint density at radius 3 is 2.36 bits per heavy atom. The summed E-state index contributed by atoms with van der Waals surface area (Å²) in [4.78, 5) is 25.8. The minimum atomic E-state index is -0.292. The van der Waals surface area contributed by atoms with Crippen molar-refractivity contribution >= 4 is 11.8 Å². The number of benzene rings is 1. The van der Waals surface area contributed by atoms with Crippen molar-refractivity contribution in [1.29, 1.82) is 0 Å². The molecule has 1 fully saturated rings. The van der Waals surface area contributed by atoms with Gasteiger partial charge >= 0.3 is 0 Å². The molecule has 1 aromatic carbocycles. The quantitative estimate of drug-likeness (QED) is 0.924. The molecule has 0 unspecified atom stereocenters. The van der Waals surface area contributed by atoms with E-state index in [9.17, 15) is 9.59 Å². The second-order valence-corrected chi connectivity index (χ2v) is 5.92. The Kier molecular flexibility index (Phi) is 5.55. The molecule has 5 nitrogen and oxygen atoms in total. The maximum Gasteiger partial charge on any atom is 0.225 e. The highest BCUT2D eigenvalue weighted by Gasteiger charge is 2.28. The minimum Gasteiger partial charge on any atom is -0.372 e. The van der Waals surface area contributed by atoms with Gasteiger partial charge in [0.25, 0.3) is 0 Å². The zero-order valence-electron chi connectivity index (χ0n) is 13.4. The number of hydrogen-bond donors (Lipinski definition) is 1. The molecule has 0 bridgehead atoms. The average Bonchev–Trinajstić information content (AvgIpc) is 2.46. The number of hydrogen-bond acceptors (Lipinski definition) is 3. The van der Waals surface area contributed by atoms with Gasteiger partial charge in [0.1, 0.15) is 0 Å². The summed E-state index contributed by atoms with van der Waals surface area (Å²) in [6, 6.07) is 9.30. The molecule has 22 heavy (non-hydrogen) atoms. The largest absolute Gasteiger partial charge is 0.372 e. The van der Waals surface area contributed by atoms with E-state index >= 15 is 0 Å². The highest BCUT2D eigenvalue weighted by atomic mass is 16.5. The van der Waals surface area contributed by atoms with Gasteiger partial charge in [-0.1, -0.05) is 30.3 Å². The van der Waals surface area contributed by atoms with Gasteiger partial charge in [-0.2, -0.15) is 0 Å². The fraction of sp³-hybridized carbons (Fsp3) is 0.529. The van der Waals surface area contributed by atoms with Gasteiger partial charge in [0.2, 0.25) is 11.8 Å². The van der Waals surface area contributed by atoms with E-state index in [1.807, 2.05) is 49.1 Å². The molecular formula is C17H24N2O3. The van der Waals surface area contributed by atoms with E-state index in [-0.39, 0.29) is 36.5 Å². The normalized spacial score (nSPS) is 23.0. The van der Waals surface area contributed by atoms with Crippen LogP contribution in [0.4, 0.5) is 0 Å². The van der Waals surface area contributed by atoms with E-state index in [4.69, 9.17) is 4.74 Å². The third kappa shape index (κ3) is 4.56. The van der Waals surface area contributed by atoms with Crippen LogP contribution in [0.5, 0.6) is 0 Å². The predicted octanol–water partition coefficient (Wildman–Crippen LogP) is 1.89. The first-order valence-corrected chi connectivity index (χ1v) is 7.71. The number of rotatable bonds is 4. The molecule has 0 aliphatic carbocycles. The Morgan fingerprint density at radius 2 is 1.82 bits per heavy atom. The fourth-order valence-electron chi connectivity index (χ4n) is 2.87. The molecule has 3 atom stereocenters. The molecule has 0 spiro atoms. The lowest BCUT2D eigenvalue weighted by Crippen LogP contribution is -2.49. The number of carbonyl (C=O) groups is 2. The summed E-state index contributed by atoms with van der Waals surface area (Å²) in [6.45, 7) is 6.62. The summed E-state index contributed by atoms with van der Waals surface area (Å²) in [7, 11) is 0. The van der Waals surface area contributed by atoms with E-state index in [0.29, 0.717) is 13.1 Å². The van der Waals surface area contributed by atoms with Gasteiger partial charge < -0.3 is 15.0 Å². The number of nitrogens with one attached hydrogen (secondary N) is 1. The molecule has 1 saturated heterocycles. The Bertz CT molecular complexity index is 508. The summed E-state index contributed by atoms with van der Waals surface area (Å²) in [5.41, 5.74) is 0.945. The van der Waals surface area contributed by atoms with Gasteiger partial charge in [-0.3, -0.25) is 9.59 Å². The van der Waals surface area contributed by atoms with Crippen LogP contribution in [0.1, 0.15) is 38.8 Å². The monoisotopic (exact) mass is 304 g/mol. The Hall–Kier alpha value is -1.88. The van der Waals surface area contributed by atoms with E-state index in [2.05, 4.69) is 5.32 Å². The van der Waals surface area contributed by atoms with Gasteiger partial charge in [0.05, 0.1) is 24.7 Å². The fourth-order valence-corrected chi connectivity index (χ4v) is 2.87. The molecule has 0 radical (unpaired) electrons. The highest BCUT2D eigenvalue weighted by Crippen LogP contribution is 2.20. The van der Waals surface area contributed by atoms with Crippen LogP contribution in [-0.2, 0) is 14.3 Å². The van der Waals surface area contributed by atoms with Crippen LogP contribution in [0.2, 0.25) is 0 Å². The Labute approximate surface area is 131 Å². The summed E-state index contributed by atoms with van der Waals surface area (Å²) in [5.74, 6) is -0.0880. The number of ether oxygens (including phenoxy) is 1. The smallest absolute Gasteiger partial charge is 0.225 e. The third-order valence-corrected chi connectivity index (χ3v) is 3.73. The molecule has 1 aromatic rings. The Balaban J connectivity index is 2.06. The van der Waals surface area contributed by atoms with Gasteiger partial charge in [0, 0.05) is 20.0 Å². The number of amides is 2. The number of nitrogens with zero attached hydrogens (tertiary/aromatic N) is 1. The highest BCUT2D eigenvalue weighted by molar-refractivity contribution is 5.79. The van der Waals surface area contributed by atoms with Crippen LogP contribution < -0.4 is 5.32 Å². The Morgan fingerprint density at radius 1 is 1.23 bits per heavy atom. The summed E-state index contributed by atoms with van der Waals surface area (Å²) >= 11 is 0. The molecule has 120 valence electrons. The third-order valence-electron chi connectivity index (χ3n) is 3.73. The summed E-state index contributed by atoms with van der Waals surface area (Å²) in [5, 5.41) is 2.87. The van der Waals surface area contributed by atoms with E-state index in [0.717, 1.165) is 5.56 Å². The first kappa shape index (κ1) is 16.5. The van der Waals surface area contributed by atoms with Crippen LogP contribution >= 0.6 is 0 Å². The molecule has 1 aliphatic rings. The van der Waals surface area contributed by atoms with Crippen molar-refractivity contribution in [2.24, 2.45) is 0 Å². The minimum absolute atomic E-state index is 0.0450. The molecule has 0 saturated carbocycles. The van der Waals surface area contributed by atoms with Gasteiger partial charge in [0.15, 0.2) is 0 Å². The van der Waals surface area contributed by atoms with Crippen molar-refractivity contribution in [3.63, 3.8) is 0 Å². The molecular weight excluding hydrogens is 280 g/mol. The van der Waals surface area contributed by atoms with Gasteiger partial charge in [-0.05, 0) is 19.4 Å². The van der Waals surface area contributed by atoms with E-state index < -0.39 is 0 Å². The zero-order valence-corrected chi connectivity index (χ0v) is 13.4. The molecule has 1 N–H and O–H groups in total. The first-order valence-electron chi connectivity index (χ1n) is 7.71. The van der Waals surface area contributed by atoms with Crippen LogP contribution in [0.15, 0.2) is 30.3 Å². The maximum absolute atomic E-state index is 12.6.